The first-order valence-corrected chi connectivity index (χ1v) is 11.8. The third-order valence-electron chi connectivity index (χ3n) is 5.57. The maximum Gasteiger partial charge on any atom is 0.322 e. The molecular weight excluding hydrogens is 482 g/mol. The molecule has 0 aliphatic rings. The Kier molecular flexibility index (Phi) is 8.25. The van der Waals surface area contributed by atoms with Crippen molar-refractivity contribution >= 4 is 40.2 Å². The normalized spacial score (nSPS) is 10.3. The van der Waals surface area contributed by atoms with Crippen LogP contribution in [0.4, 0.5) is 17.5 Å². The Morgan fingerprint density at radius 3 is 2.45 bits per heavy atom. The molecule has 5 aromatic rings. The molecule has 2 aromatic carbocycles. The monoisotopic (exact) mass is 509 g/mol. The summed E-state index contributed by atoms with van der Waals surface area (Å²) in [5.41, 5.74) is 3.91. The SMILES string of the molecule is CN(c1ccccc1)c1ccccn1.CNc1nccc(-c2cc3cc(C(=O)NCC(=O)O)ccc3[nH]2)n1. The first-order chi connectivity index (χ1) is 18.4. The van der Waals surface area contributed by atoms with E-state index in [1.807, 2.05) is 49.5 Å². The average molecular weight is 510 g/mol. The highest BCUT2D eigenvalue weighted by Crippen LogP contribution is 2.24. The van der Waals surface area contributed by atoms with Gasteiger partial charge in [0.05, 0.1) is 11.4 Å². The number of nitrogens with zero attached hydrogens (tertiary/aromatic N) is 4. The minimum Gasteiger partial charge on any atom is -0.480 e. The number of aromatic nitrogens is 4. The van der Waals surface area contributed by atoms with E-state index in [0.29, 0.717) is 11.5 Å². The van der Waals surface area contributed by atoms with Gasteiger partial charge in [-0.2, -0.15) is 0 Å². The molecule has 0 spiro atoms. The fraction of sp³-hybridized carbons (Fsp3) is 0.107. The van der Waals surface area contributed by atoms with E-state index >= 15 is 0 Å². The van der Waals surface area contributed by atoms with Gasteiger partial charge < -0.3 is 25.6 Å². The van der Waals surface area contributed by atoms with Crippen molar-refractivity contribution in [1.82, 2.24) is 25.3 Å². The largest absolute Gasteiger partial charge is 0.480 e. The molecule has 10 heteroatoms. The summed E-state index contributed by atoms with van der Waals surface area (Å²) in [5, 5.41) is 14.7. The average Bonchev–Trinajstić information content (AvgIpc) is 3.40. The molecule has 0 aliphatic carbocycles. The van der Waals surface area contributed by atoms with Gasteiger partial charge in [-0.3, -0.25) is 9.59 Å². The number of amides is 1. The molecule has 5 rings (SSSR count). The number of rotatable bonds is 7. The van der Waals surface area contributed by atoms with Crippen LogP contribution < -0.4 is 15.5 Å². The molecule has 0 bridgehead atoms. The Hall–Kier alpha value is -5.25. The Balaban J connectivity index is 0.000000204. The molecule has 38 heavy (non-hydrogen) atoms. The van der Waals surface area contributed by atoms with E-state index in [1.165, 1.54) is 0 Å². The van der Waals surface area contributed by atoms with E-state index in [4.69, 9.17) is 5.11 Å². The number of hydrogen-bond acceptors (Lipinski definition) is 7. The maximum absolute atomic E-state index is 11.9. The molecule has 0 fully saturated rings. The number of carbonyl (C=O) groups is 2. The van der Waals surface area contributed by atoms with Crippen molar-refractivity contribution in [3.63, 3.8) is 0 Å². The Morgan fingerprint density at radius 1 is 0.947 bits per heavy atom. The van der Waals surface area contributed by atoms with Gasteiger partial charge in [0, 0.05) is 48.6 Å². The number of anilines is 3. The summed E-state index contributed by atoms with van der Waals surface area (Å²) in [6, 6.07) is 24.9. The predicted molar refractivity (Wildman–Crippen MR) is 148 cm³/mol. The van der Waals surface area contributed by atoms with Crippen molar-refractivity contribution in [3.05, 3.63) is 96.8 Å². The van der Waals surface area contributed by atoms with Crippen LogP contribution >= 0.6 is 0 Å². The van der Waals surface area contributed by atoms with Crippen molar-refractivity contribution in [2.45, 2.75) is 0 Å². The Bertz CT molecular complexity index is 1480. The van der Waals surface area contributed by atoms with Crippen molar-refractivity contribution in [2.75, 3.05) is 30.9 Å². The second kappa shape index (κ2) is 12.1. The van der Waals surface area contributed by atoms with Gasteiger partial charge in [-0.05, 0) is 54.6 Å². The van der Waals surface area contributed by atoms with Crippen LogP contribution in [0.15, 0.2) is 91.3 Å². The lowest BCUT2D eigenvalue weighted by Gasteiger charge is -2.17. The zero-order valence-electron chi connectivity index (χ0n) is 20.9. The molecule has 3 heterocycles. The minimum absolute atomic E-state index is 0.396. The Labute approximate surface area is 219 Å². The molecule has 0 saturated heterocycles. The number of hydrogen-bond donors (Lipinski definition) is 4. The van der Waals surface area contributed by atoms with E-state index < -0.39 is 18.4 Å². The first-order valence-electron chi connectivity index (χ1n) is 11.8. The molecule has 192 valence electrons. The summed E-state index contributed by atoms with van der Waals surface area (Å²) in [4.78, 5) is 40.5. The zero-order valence-corrected chi connectivity index (χ0v) is 20.9. The van der Waals surface area contributed by atoms with E-state index in [-0.39, 0.29) is 0 Å². The molecule has 0 saturated carbocycles. The van der Waals surface area contributed by atoms with Crippen LogP contribution in [0.5, 0.6) is 0 Å². The number of carboxylic acid groups (broad SMARTS) is 1. The number of para-hydroxylation sites is 1. The standard InChI is InChI=1S/C16H15N5O3.C12H12N2/c1-17-16-18-5-4-12(21-16)13-7-10-6-9(2-3-11(10)20-13)15(24)19-8-14(22)23;1-14(11-7-3-2-4-8-11)12-9-5-6-10-13-12/h2-7,20H,8H2,1H3,(H,19,24)(H,22,23)(H,17,18,21);2-10H,1H3. The van der Waals surface area contributed by atoms with E-state index in [2.05, 4.69) is 47.6 Å². The number of carboxylic acids is 1. The van der Waals surface area contributed by atoms with Gasteiger partial charge in [0.25, 0.3) is 5.91 Å². The molecule has 10 nitrogen and oxygen atoms in total. The fourth-order valence-electron chi connectivity index (χ4n) is 3.63. The highest BCUT2D eigenvalue weighted by molar-refractivity contribution is 5.99. The van der Waals surface area contributed by atoms with Crippen LogP contribution in [-0.4, -0.2) is 57.6 Å². The molecule has 0 aliphatic heterocycles. The second-order valence-corrected chi connectivity index (χ2v) is 8.16. The maximum atomic E-state index is 11.9. The number of aromatic amines is 1. The smallest absolute Gasteiger partial charge is 0.322 e. The molecule has 4 N–H and O–H groups in total. The summed E-state index contributed by atoms with van der Waals surface area (Å²) in [5.74, 6) is -0.0439. The molecular formula is C28H27N7O3. The van der Waals surface area contributed by atoms with Crippen LogP contribution in [0.1, 0.15) is 10.4 Å². The van der Waals surface area contributed by atoms with E-state index in [0.717, 1.165) is 33.8 Å². The van der Waals surface area contributed by atoms with Gasteiger partial charge in [0.15, 0.2) is 0 Å². The quantitative estimate of drug-likeness (QED) is 0.255. The fourth-order valence-corrected chi connectivity index (χ4v) is 3.63. The first kappa shape index (κ1) is 25.8. The number of aliphatic carboxylic acids is 1. The van der Waals surface area contributed by atoms with Gasteiger partial charge in [-0.25, -0.2) is 15.0 Å². The molecule has 3 aromatic heterocycles. The number of nitrogens with one attached hydrogen (secondary N) is 3. The topological polar surface area (TPSA) is 136 Å². The van der Waals surface area contributed by atoms with Crippen LogP contribution in [0.25, 0.3) is 22.3 Å². The minimum atomic E-state index is -1.09. The Morgan fingerprint density at radius 2 is 1.74 bits per heavy atom. The van der Waals surface area contributed by atoms with Gasteiger partial charge >= 0.3 is 5.97 Å². The van der Waals surface area contributed by atoms with Crippen LogP contribution in [-0.2, 0) is 4.79 Å². The number of H-pyrrole nitrogens is 1. The lowest BCUT2D eigenvalue weighted by molar-refractivity contribution is -0.135. The molecule has 0 radical (unpaired) electrons. The van der Waals surface area contributed by atoms with Gasteiger partial charge in [-0.15, -0.1) is 0 Å². The summed E-state index contributed by atoms with van der Waals surface area (Å²) in [6.45, 7) is -0.414. The number of carbonyl (C=O) groups excluding carboxylic acids is 1. The van der Waals surface area contributed by atoms with Gasteiger partial charge in [-0.1, -0.05) is 24.3 Å². The zero-order chi connectivity index (χ0) is 26.9. The number of benzene rings is 2. The van der Waals surface area contributed by atoms with Gasteiger partial charge in [0.1, 0.15) is 12.4 Å². The summed E-state index contributed by atoms with van der Waals surface area (Å²) >= 11 is 0. The molecule has 0 unspecified atom stereocenters. The second-order valence-electron chi connectivity index (χ2n) is 8.16. The lowest BCUT2D eigenvalue weighted by Crippen LogP contribution is -2.29. The van der Waals surface area contributed by atoms with Crippen LogP contribution in [0.3, 0.4) is 0 Å². The predicted octanol–water partition coefficient (Wildman–Crippen LogP) is 4.33. The summed E-state index contributed by atoms with van der Waals surface area (Å²) < 4.78 is 0. The van der Waals surface area contributed by atoms with Crippen molar-refractivity contribution < 1.29 is 14.7 Å². The van der Waals surface area contributed by atoms with Crippen molar-refractivity contribution in [2.24, 2.45) is 0 Å². The number of fused-ring (bicyclic) bond motifs is 1. The third-order valence-corrected chi connectivity index (χ3v) is 5.57. The summed E-state index contributed by atoms with van der Waals surface area (Å²) in [6.07, 6.45) is 3.46. The van der Waals surface area contributed by atoms with Crippen molar-refractivity contribution in [1.29, 1.82) is 0 Å². The van der Waals surface area contributed by atoms with Gasteiger partial charge in [0.2, 0.25) is 5.95 Å². The van der Waals surface area contributed by atoms with E-state index in [1.54, 1.807) is 43.7 Å². The molecule has 1 amide bonds. The van der Waals surface area contributed by atoms with Crippen molar-refractivity contribution in [3.8, 4) is 11.4 Å². The lowest BCUT2D eigenvalue weighted by atomic mass is 10.1. The highest BCUT2D eigenvalue weighted by Gasteiger charge is 2.11. The van der Waals surface area contributed by atoms with Crippen LogP contribution in [0, 0.1) is 0 Å². The molecule has 0 atom stereocenters. The highest BCUT2D eigenvalue weighted by atomic mass is 16.4. The van der Waals surface area contributed by atoms with Crippen LogP contribution in [0.2, 0.25) is 0 Å². The van der Waals surface area contributed by atoms with E-state index in [9.17, 15) is 9.59 Å². The third kappa shape index (κ3) is 6.49. The number of pyridine rings is 1. The summed E-state index contributed by atoms with van der Waals surface area (Å²) in [7, 11) is 3.75.